The van der Waals surface area contributed by atoms with Crippen LogP contribution in [0.1, 0.15) is 215 Å². The van der Waals surface area contributed by atoms with Crippen LogP contribution >= 0.6 is 0 Å². The van der Waals surface area contributed by atoms with Gasteiger partial charge in [-0.2, -0.15) is 0 Å². The summed E-state index contributed by atoms with van der Waals surface area (Å²) in [6.45, 7) is 14.4. The molecule has 6 rings (SSSR count). The Kier molecular flexibility index (Phi) is 17.2. The van der Waals surface area contributed by atoms with Crippen LogP contribution in [0.2, 0.25) is 0 Å². The fourth-order valence-corrected chi connectivity index (χ4v) is 11.5. The number of rotatable bonds is 6. The van der Waals surface area contributed by atoms with Gasteiger partial charge in [0.25, 0.3) is 0 Å². The van der Waals surface area contributed by atoms with Gasteiger partial charge in [-0.1, -0.05) is 138 Å². The molecule has 6 saturated carbocycles. The zero-order chi connectivity index (χ0) is 32.0. The molecule has 0 saturated heterocycles. The molecule has 45 heavy (non-hydrogen) atoms. The molecule has 264 valence electrons. The first-order valence-electron chi connectivity index (χ1n) is 21.8. The Balaban J connectivity index is 0.000000154. The highest BCUT2D eigenvalue weighted by atomic mass is 14.4. The van der Waals surface area contributed by atoms with Gasteiger partial charge in [0.2, 0.25) is 0 Å². The SMILES string of the molecule is CC1CCC(C2CCC(C)CC2)CC1.CCC1CCC(C2CCC(C)CC2)CC1.CCCC1CCC(C2CCC(C)CC2)CC1. The summed E-state index contributed by atoms with van der Waals surface area (Å²) in [6, 6.07) is 0. The van der Waals surface area contributed by atoms with Gasteiger partial charge in [0.1, 0.15) is 0 Å². The molecule has 0 atom stereocenters. The van der Waals surface area contributed by atoms with Gasteiger partial charge in [0.15, 0.2) is 0 Å². The predicted octanol–water partition coefficient (Wildman–Crippen LogP) is 15.1. The molecule has 0 radical (unpaired) electrons. The summed E-state index contributed by atoms with van der Waals surface area (Å²) in [5, 5.41) is 0. The first kappa shape index (κ1) is 37.8. The summed E-state index contributed by atoms with van der Waals surface area (Å²) in [7, 11) is 0. The smallest absolute Gasteiger partial charge is 0.0386 e. The van der Waals surface area contributed by atoms with Gasteiger partial charge < -0.3 is 0 Å². The van der Waals surface area contributed by atoms with Crippen molar-refractivity contribution in [3.8, 4) is 0 Å². The van der Waals surface area contributed by atoms with Crippen LogP contribution in [0.25, 0.3) is 0 Å². The highest BCUT2D eigenvalue weighted by Gasteiger charge is 2.31. The van der Waals surface area contributed by atoms with E-state index in [0.29, 0.717) is 0 Å². The number of hydrogen-bond acceptors (Lipinski definition) is 0. The summed E-state index contributed by atoms with van der Waals surface area (Å²) in [4.78, 5) is 0. The van der Waals surface area contributed by atoms with E-state index in [2.05, 4.69) is 41.5 Å². The van der Waals surface area contributed by atoms with Crippen LogP contribution in [-0.4, -0.2) is 0 Å². The van der Waals surface area contributed by atoms with Crippen molar-refractivity contribution in [2.24, 2.45) is 71.0 Å². The average Bonchev–Trinajstić information content (AvgIpc) is 3.08. The first-order chi connectivity index (χ1) is 21.8. The van der Waals surface area contributed by atoms with Gasteiger partial charge in [0.05, 0.1) is 0 Å². The fourth-order valence-electron chi connectivity index (χ4n) is 11.5. The summed E-state index contributed by atoms with van der Waals surface area (Å²) in [6.07, 6.45) is 41.1. The monoisotopic (exact) mass is 625 g/mol. The Morgan fingerprint density at radius 3 is 0.733 bits per heavy atom. The third kappa shape index (κ3) is 13.1. The van der Waals surface area contributed by atoms with Crippen molar-refractivity contribution in [3.63, 3.8) is 0 Å². The molecule has 0 heterocycles. The average molecular weight is 625 g/mol. The molecule has 0 spiro atoms. The zero-order valence-electron chi connectivity index (χ0n) is 32.0. The Labute approximate surface area is 285 Å². The van der Waals surface area contributed by atoms with Crippen molar-refractivity contribution >= 4 is 0 Å². The normalized spacial score (nSPS) is 42.8. The first-order valence-corrected chi connectivity index (χ1v) is 21.8. The summed E-state index contributed by atoms with van der Waals surface area (Å²) >= 11 is 0. The maximum atomic E-state index is 2.44. The quantitative estimate of drug-likeness (QED) is 0.276. The Morgan fingerprint density at radius 1 is 0.289 bits per heavy atom. The van der Waals surface area contributed by atoms with Gasteiger partial charge in [-0.25, -0.2) is 0 Å². The maximum Gasteiger partial charge on any atom is -0.0386 e. The highest BCUT2D eigenvalue weighted by molar-refractivity contribution is 4.83. The van der Waals surface area contributed by atoms with E-state index in [9.17, 15) is 0 Å². The van der Waals surface area contributed by atoms with Gasteiger partial charge in [-0.3, -0.25) is 0 Å². The fraction of sp³-hybridized carbons (Fsp3) is 1.00. The van der Waals surface area contributed by atoms with Crippen LogP contribution in [0.15, 0.2) is 0 Å². The molecule has 0 nitrogen and oxygen atoms in total. The van der Waals surface area contributed by atoms with E-state index in [1.165, 1.54) is 83.5 Å². The largest absolute Gasteiger partial charge is 0.0654 e. The van der Waals surface area contributed by atoms with E-state index in [1.807, 2.05) is 0 Å². The van der Waals surface area contributed by atoms with E-state index in [4.69, 9.17) is 0 Å². The van der Waals surface area contributed by atoms with E-state index >= 15 is 0 Å². The molecular formula is C45H84. The van der Waals surface area contributed by atoms with Crippen LogP contribution in [-0.2, 0) is 0 Å². The topological polar surface area (TPSA) is 0 Å². The second-order valence-corrected chi connectivity index (χ2v) is 18.8. The van der Waals surface area contributed by atoms with Crippen LogP contribution in [0.5, 0.6) is 0 Å². The molecule has 6 fully saturated rings. The lowest BCUT2D eigenvalue weighted by Gasteiger charge is -2.37. The third-order valence-electron chi connectivity index (χ3n) is 15.3. The molecule has 0 unspecified atom stereocenters. The van der Waals surface area contributed by atoms with Crippen LogP contribution < -0.4 is 0 Å². The number of hydrogen-bond donors (Lipinski definition) is 0. The van der Waals surface area contributed by atoms with Crippen molar-refractivity contribution in [2.45, 2.75) is 215 Å². The van der Waals surface area contributed by atoms with Crippen molar-refractivity contribution in [1.29, 1.82) is 0 Å². The molecule has 6 aliphatic carbocycles. The van der Waals surface area contributed by atoms with Crippen molar-refractivity contribution in [1.82, 2.24) is 0 Å². The highest BCUT2D eigenvalue weighted by Crippen LogP contribution is 2.44. The summed E-state index contributed by atoms with van der Waals surface area (Å²) in [5.41, 5.74) is 0. The third-order valence-corrected chi connectivity index (χ3v) is 15.3. The molecule has 0 aromatic rings. The lowest BCUT2D eigenvalue weighted by atomic mass is 9.69. The Bertz CT molecular complexity index is 685. The van der Waals surface area contributed by atoms with Crippen LogP contribution in [0, 0.1) is 71.0 Å². The molecule has 0 N–H and O–H groups in total. The second kappa shape index (κ2) is 20.5. The van der Waals surface area contributed by atoms with E-state index in [-0.39, 0.29) is 0 Å². The molecule has 0 aliphatic heterocycles. The maximum absolute atomic E-state index is 2.44. The van der Waals surface area contributed by atoms with E-state index in [1.54, 1.807) is 89.9 Å². The zero-order valence-corrected chi connectivity index (χ0v) is 32.0. The van der Waals surface area contributed by atoms with E-state index < -0.39 is 0 Å². The minimum atomic E-state index is 1.02. The standard InChI is InChI=1S/C16H30.C15H28.C14H26/c1-3-4-14-7-11-16(12-8-14)15-9-5-13(2)6-10-15;1-3-13-6-10-15(11-7-13)14-8-4-12(2)5-9-14;1-11-3-7-13(8-4-11)14-9-5-12(2)6-10-14/h13-16H,3-12H2,1-2H3;12-15H,3-11H2,1-2H3;11-14H,3-10H2,1-2H3. The van der Waals surface area contributed by atoms with Crippen LogP contribution in [0.4, 0.5) is 0 Å². The molecule has 0 heteroatoms. The Hall–Kier alpha value is 0. The lowest BCUT2D eigenvalue weighted by molar-refractivity contribution is 0.147. The molecule has 0 aromatic heterocycles. The summed E-state index contributed by atoms with van der Waals surface area (Å²) < 4.78 is 0. The van der Waals surface area contributed by atoms with Crippen molar-refractivity contribution < 1.29 is 0 Å². The second-order valence-electron chi connectivity index (χ2n) is 18.8. The summed E-state index contributed by atoms with van der Waals surface area (Å²) in [5.74, 6) is 12.9. The van der Waals surface area contributed by atoms with Gasteiger partial charge in [0, 0.05) is 0 Å². The minimum Gasteiger partial charge on any atom is -0.0654 e. The molecule has 6 aliphatic rings. The lowest BCUT2D eigenvalue weighted by Crippen LogP contribution is -2.25. The minimum absolute atomic E-state index is 1.02. The van der Waals surface area contributed by atoms with Crippen molar-refractivity contribution in [2.75, 3.05) is 0 Å². The van der Waals surface area contributed by atoms with Crippen LogP contribution in [0.3, 0.4) is 0 Å². The van der Waals surface area contributed by atoms with Gasteiger partial charge >= 0.3 is 0 Å². The molecular weight excluding hydrogens is 540 g/mol. The molecule has 0 amide bonds. The Morgan fingerprint density at radius 2 is 0.511 bits per heavy atom. The van der Waals surface area contributed by atoms with Crippen molar-refractivity contribution in [3.05, 3.63) is 0 Å². The van der Waals surface area contributed by atoms with Gasteiger partial charge in [-0.15, -0.1) is 0 Å². The van der Waals surface area contributed by atoms with E-state index in [0.717, 1.165) is 71.0 Å². The molecule has 0 aromatic carbocycles. The molecule has 0 bridgehead atoms. The predicted molar refractivity (Wildman–Crippen MR) is 201 cm³/mol. The van der Waals surface area contributed by atoms with Gasteiger partial charge in [-0.05, 0) is 148 Å².